The zero-order chi connectivity index (χ0) is 40.5. The Balaban J connectivity index is 4.25. The monoisotopic (exact) mass is 800 g/mol. The number of carbonyl (C=O) groups excluding carboxylic acids is 1. The first kappa shape index (κ1) is 53.2. The Bertz CT molecular complexity index is 1020. The number of carboxylic acid groups (broad SMARTS) is 1. The fraction of sp³-hybridized carbons (Fsp3) is 0.818. The number of phosphoric acid groups is 1. The van der Waals surface area contributed by atoms with E-state index in [0.29, 0.717) is 13.0 Å². The third-order valence-electron chi connectivity index (χ3n) is 9.39. The van der Waals surface area contributed by atoms with Gasteiger partial charge in [-0.15, -0.1) is 0 Å². The molecule has 0 aromatic rings. The third-order valence-corrected chi connectivity index (χ3v) is 10.3. The normalized spacial score (nSPS) is 14.3. The summed E-state index contributed by atoms with van der Waals surface area (Å²) in [5, 5.41) is 8.89. The number of carboxylic acids is 1. The molecule has 0 aliphatic rings. The molecule has 0 heterocycles. The van der Waals surface area contributed by atoms with E-state index in [9.17, 15) is 19.0 Å². The van der Waals surface area contributed by atoms with Crippen molar-refractivity contribution in [2.24, 2.45) is 5.73 Å². The molecule has 0 bridgehead atoms. The van der Waals surface area contributed by atoms with E-state index in [2.05, 4.69) is 50.3 Å². The van der Waals surface area contributed by atoms with Crippen LogP contribution in [0, 0.1) is 0 Å². The van der Waals surface area contributed by atoms with Crippen LogP contribution in [-0.4, -0.2) is 60.5 Å². The standard InChI is InChI=1S/C44H82NO9P/c1-3-5-7-9-11-13-15-17-19-20-21-23-25-27-29-31-33-35-37-51-38-41(39-52-55(49,50)53-40-42(45)44(47)48)54-43(46)36-34-32-30-28-26-24-22-18-16-14-12-10-8-6-4-2/h11,13,17-19,22,41-42H,3-10,12,14-16,20-21,23-40,45H2,1-2H3,(H,47,48)(H,49,50)/b13-11-,19-17-,22-18-. The van der Waals surface area contributed by atoms with E-state index in [-0.39, 0.29) is 13.0 Å². The summed E-state index contributed by atoms with van der Waals surface area (Å²) in [5.74, 6) is -1.79. The number of carbonyl (C=O) groups is 2. The molecule has 0 spiro atoms. The van der Waals surface area contributed by atoms with Crippen molar-refractivity contribution in [3.63, 3.8) is 0 Å². The van der Waals surface area contributed by atoms with E-state index in [1.807, 2.05) is 0 Å². The summed E-state index contributed by atoms with van der Waals surface area (Å²) in [5.41, 5.74) is 5.35. The van der Waals surface area contributed by atoms with Gasteiger partial charge in [0.15, 0.2) is 0 Å². The summed E-state index contributed by atoms with van der Waals surface area (Å²) in [6.45, 7) is 3.83. The fourth-order valence-corrected chi connectivity index (χ4v) is 6.70. The average molecular weight is 800 g/mol. The lowest BCUT2D eigenvalue weighted by Gasteiger charge is -2.20. The van der Waals surface area contributed by atoms with Crippen LogP contribution in [0.3, 0.4) is 0 Å². The quantitative estimate of drug-likeness (QED) is 0.0235. The molecule has 0 fully saturated rings. The molecule has 11 heteroatoms. The first-order chi connectivity index (χ1) is 26.7. The topological polar surface area (TPSA) is 155 Å². The van der Waals surface area contributed by atoms with Crippen LogP contribution in [0.25, 0.3) is 0 Å². The fourth-order valence-electron chi connectivity index (χ4n) is 5.92. The predicted octanol–water partition coefficient (Wildman–Crippen LogP) is 12.1. The molecule has 0 aliphatic carbocycles. The molecule has 3 atom stereocenters. The van der Waals surface area contributed by atoms with E-state index in [4.69, 9.17) is 29.4 Å². The van der Waals surface area contributed by atoms with E-state index < -0.39 is 45.1 Å². The zero-order valence-corrected chi connectivity index (χ0v) is 35.9. The minimum Gasteiger partial charge on any atom is -0.480 e. The summed E-state index contributed by atoms with van der Waals surface area (Å²) in [7, 11) is -4.62. The second-order valence-electron chi connectivity index (χ2n) is 14.8. The van der Waals surface area contributed by atoms with E-state index in [1.54, 1.807) is 0 Å². The van der Waals surface area contributed by atoms with Crippen molar-refractivity contribution in [3.8, 4) is 0 Å². The van der Waals surface area contributed by atoms with Crippen LogP contribution in [0.4, 0.5) is 0 Å². The Hall–Kier alpha value is -1.81. The molecule has 4 N–H and O–H groups in total. The van der Waals surface area contributed by atoms with Crippen LogP contribution in [0.2, 0.25) is 0 Å². The maximum absolute atomic E-state index is 12.6. The van der Waals surface area contributed by atoms with Crippen molar-refractivity contribution in [2.45, 2.75) is 206 Å². The van der Waals surface area contributed by atoms with Crippen LogP contribution < -0.4 is 5.73 Å². The highest BCUT2D eigenvalue weighted by Gasteiger charge is 2.27. The number of nitrogens with two attached hydrogens (primary N) is 1. The molecule has 3 unspecified atom stereocenters. The molecule has 0 saturated carbocycles. The second-order valence-corrected chi connectivity index (χ2v) is 16.3. The number of rotatable bonds is 42. The predicted molar refractivity (Wildman–Crippen MR) is 226 cm³/mol. The smallest absolute Gasteiger partial charge is 0.472 e. The van der Waals surface area contributed by atoms with Crippen molar-refractivity contribution >= 4 is 19.8 Å². The highest BCUT2D eigenvalue weighted by Crippen LogP contribution is 2.43. The zero-order valence-electron chi connectivity index (χ0n) is 35.0. The minimum absolute atomic E-state index is 0.0104. The third kappa shape index (κ3) is 40.2. The van der Waals surface area contributed by atoms with Crippen LogP contribution in [-0.2, 0) is 32.7 Å². The first-order valence-electron chi connectivity index (χ1n) is 22.0. The lowest BCUT2D eigenvalue weighted by atomic mass is 10.1. The van der Waals surface area contributed by atoms with Crippen LogP contribution >= 0.6 is 7.82 Å². The highest BCUT2D eigenvalue weighted by molar-refractivity contribution is 7.47. The number of hydrogen-bond acceptors (Lipinski definition) is 8. The number of allylic oxidation sites excluding steroid dienone is 6. The van der Waals surface area contributed by atoms with E-state index >= 15 is 0 Å². The summed E-state index contributed by atoms with van der Waals surface area (Å²) in [6.07, 6.45) is 44.7. The Morgan fingerprint density at radius 1 is 0.582 bits per heavy atom. The average Bonchev–Trinajstić information content (AvgIpc) is 3.16. The molecular formula is C44H82NO9P. The first-order valence-corrected chi connectivity index (χ1v) is 23.5. The maximum Gasteiger partial charge on any atom is 0.472 e. The van der Waals surface area contributed by atoms with Crippen molar-refractivity contribution in [3.05, 3.63) is 36.5 Å². The minimum atomic E-state index is -4.62. The number of esters is 1. The number of ether oxygens (including phenoxy) is 2. The molecule has 10 nitrogen and oxygen atoms in total. The van der Waals surface area contributed by atoms with E-state index in [1.165, 1.54) is 103 Å². The molecule has 0 rings (SSSR count). The lowest BCUT2D eigenvalue weighted by Crippen LogP contribution is -2.34. The number of aliphatic carboxylic acids is 1. The molecule has 0 radical (unpaired) electrons. The van der Waals surface area contributed by atoms with Gasteiger partial charge in [0.05, 0.1) is 19.8 Å². The van der Waals surface area contributed by atoms with Gasteiger partial charge >= 0.3 is 19.8 Å². The molecule has 0 amide bonds. The number of hydrogen-bond donors (Lipinski definition) is 3. The summed E-state index contributed by atoms with van der Waals surface area (Å²) in [6, 6.07) is -1.47. The largest absolute Gasteiger partial charge is 0.480 e. The van der Waals surface area contributed by atoms with Gasteiger partial charge < -0.3 is 25.2 Å². The SMILES string of the molecule is CCCCC/C=C\C/C=C\CCCCCCCCCCOCC(COP(=O)(O)OCC(N)C(=O)O)OC(=O)CCCCCCC/C=C\CCCCCCCC. The molecule has 0 saturated heterocycles. The van der Waals surface area contributed by atoms with Gasteiger partial charge in [-0.2, -0.15) is 0 Å². The van der Waals surface area contributed by atoms with Gasteiger partial charge in [-0.25, -0.2) is 4.57 Å². The highest BCUT2D eigenvalue weighted by atomic mass is 31.2. The summed E-state index contributed by atoms with van der Waals surface area (Å²) in [4.78, 5) is 33.5. The van der Waals surface area contributed by atoms with Crippen molar-refractivity contribution in [2.75, 3.05) is 26.4 Å². The van der Waals surface area contributed by atoms with Crippen LogP contribution in [0.5, 0.6) is 0 Å². The van der Waals surface area contributed by atoms with E-state index in [0.717, 1.165) is 64.2 Å². The number of phosphoric ester groups is 1. The Labute approximate surface area is 336 Å². The number of unbranched alkanes of at least 4 members (excludes halogenated alkanes) is 22. The Kier molecular flexibility index (Phi) is 39.1. The van der Waals surface area contributed by atoms with Gasteiger partial charge in [-0.05, 0) is 70.6 Å². The Morgan fingerprint density at radius 2 is 1.00 bits per heavy atom. The summed E-state index contributed by atoms with van der Waals surface area (Å²) < 4.78 is 33.3. The molecule has 0 aliphatic heterocycles. The molecule has 55 heavy (non-hydrogen) atoms. The van der Waals surface area contributed by atoms with Crippen molar-refractivity contribution in [1.82, 2.24) is 0 Å². The molecule has 0 aromatic carbocycles. The molecule has 0 aromatic heterocycles. The second kappa shape index (κ2) is 40.4. The Morgan fingerprint density at radius 3 is 1.53 bits per heavy atom. The van der Waals surface area contributed by atoms with Crippen LogP contribution in [0.15, 0.2) is 36.5 Å². The van der Waals surface area contributed by atoms with Gasteiger partial charge in [-0.1, -0.05) is 153 Å². The maximum atomic E-state index is 12.6. The summed E-state index contributed by atoms with van der Waals surface area (Å²) >= 11 is 0. The van der Waals surface area contributed by atoms with Crippen molar-refractivity contribution in [1.29, 1.82) is 0 Å². The van der Waals surface area contributed by atoms with Gasteiger partial charge in [-0.3, -0.25) is 18.6 Å². The van der Waals surface area contributed by atoms with Crippen LogP contribution in [0.1, 0.15) is 194 Å². The van der Waals surface area contributed by atoms with Gasteiger partial charge in [0.25, 0.3) is 0 Å². The van der Waals surface area contributed by atoms with Gasteiger partial charge in [0, 0.05) is 13.0 Å². The lowest BCUT2D eigenvalue weighted by molar-refractivity contribution is -0.154. The van der Waals surface area contributed by atoms with Crippen molar-refractivity contribution < 1.29 is 42.7 Å². The molecule has 322 valence electrons. The van der Waals surface area contributed by atoms with Gasteiger partial charge in [0.2, 0.25) is 0 Å². The van der Waals surface area contributed by atoms with Gasteiger partial charge in [0.1, 0.15) is 12.1 Å². The molecular weight excluding hydrogens is 717 g/mol.